The lowest BCUT2D eigenvalue weighted by Crippen LogP contribution is -2.25. The van der Waals surface area contributed by atoms with Gasteiger partial charge in [0, 0.05) is 30.1 Å². The van der Waals surface area contributed by atoms with E-state index in [9.17, 15) is 4.79 Å². The van der Waals surface area contributed by atoms with E-state index in [-0.39, 0.29) is 0 Å². The van der Waals surface area contributed by atoms with Gasteiger partial charge < -0.3 is 15.4 Å². The standard InChI is InChI=1S/C20H20N4O2/c1-24(12-13-26-18-8-2-15(14-25)3-9-18)20-22-11-10-19(23-20)16-4-6-17(21)7-5-16/h2-11,14H,12-13,21H2,1H3. The van der Waals surface area contributed by atoms with E-state index >= 15 is 0 Å². The summed E-state index contributed by atoms with van der Waals surface area (Å²) in [5, 5.41) is 0. The van der Waals surface area contributed by atoms with Gasteiger partial charge in [-0.3, -0.25) is 4.79 Å². The molecule has 132 valence electrons. The molecule has 2 aromatic carbocycles. The number of benzene rings is 2. The Hall–Kier alpha value is -3.41. The number of aromatic nitrogens is 2. The van der Waals surface area contributed by atoms with E-state index in [1.165, 1.54) is 0 Å². The molecule has 3 aromatic rings. The predicted octanol–water partition coefficient (Wildman–Crippen LogP) is 3.05. The molecule has 0 aliphatic carbocycles. The van der Waals surface area contributed by atoms with E-state index in [1.807, 2.05) is 42.3 Å². The molecule has 2 N–H and O–H groups in total. The Morgan fingerprint density at radius 3 is 2.50 bits per heavy atom. The summed E-state index contributed by atoms with van der Waals surface area (Å²) in [6.07, 6.45) is 2.55. The van der Waals surface area contributed by atoms with Crippen molar-refractivity contribution in [2.24, 2.45) is 0 Å². The van der Waals surface area contributed by atoms with E-state index in [2.05, 4.69) is 9.97 Å². The third-order valence-corrected chi connectivity index (χ3v) is 3.90. The first-order chi connectivity index (χ1) is 12.7. The molecule has 1 aromatic heterocycles. The van der Waals surface area contributed by atoms with Crippen LogP contribution in [0.15, 0.2) is 60.8 Å². The number of anilines is 2. The van der Waals surface area contributed by atoms with Gasteiger partial charge in [-0.1, -0.05) is 12.1 Å². The summed E-state index contributed by atoms with van der Waals surface area (Å²) >= 11 is 0. The number of ether oxygens (including phenoxy) is 1. The molecular formula is C20H20N4O2. The van der Waals surface area contributed by atoms with Crippen molar-refractivity contribution in [1.29, 1.82) is 0 Å². The summed E-state index contributed by atoms with van der Waals surface area (Å²) in [6.45, 7) is 1.10. The largest absolute Gasteiger partial charge is 0.492 e. The number of likely N-dealkylation sites (N-methyl/N-ethyl adjacent to an activating group) is 1. The second kappa shape index (κ2) is 8.11. The summed E-state index contributed by atoms with van der Waals surface area (Å²) in [6, 6.07) is 16.5. The van der Waals surface area contributed by atoms with E-state index in [0.29, 0.717) is 24.7 Å². The van der Waals surface area contributed by atoms with Crippen LogP contribution in [0.2, 0.25) is 0 Å². The molecule has 6 nitrogen and oxygen atoms in total. The molecule has 0 saturated heterocycles. The van der Waals surface area contributed by atoms with Crippen LogP contribution in [0.25, 0.3) is 11.3 Å². The number of hydrogen-bond acceptors (Lipinski definition) is 6. The van der Waals surface area contributed by atoms with Gasteiger partial charge in [-0.15, -0.1) is 0 Å². The first-order valence-electron chi connectivity index (χ1n) is 8.24. The lowest BCUT2D eigenvalue weighted by atomic mass is 10.1. The highest BCUT2D eigenvalue weighted by molar-refractivity contribution is 5.74. The smallest absolute Gasteiger partial charge is 0.225 e. The van der Waals surface area contributed by atoms with Crippen LogP contribution < -0.4 is 15.4 Å². The van der Waals surface area contributed by atoms with Gasteiger partial charge in [0.05, 0.1) is 12.2 Å². The van der Waals surface area contributed by atoms with Gasteiger partial charge in [-0.05, 0) is 42.5 Å². The molecule has 0 spiro atoms. The van der Waals surface area contributed by atoms with Crippen LogP contribution >= 0.6 is 0 Å². The Balaban J connectivity index is 1.60. The third-order valence-electron chi connectivity index (χ3n) is 3.90. The number of carbonyl (C=O) groups excluding carboxylic acids is 1. The zero-order valence-corrected chi connectivity index (χ0v) is 14.5. The fourth-order valence-corrected chi connectivity index (χ4v) is 2.39. The van der Waals surface area contributed by atoms with E-state index in [0.717, 1.165) is 29.0 Å². The molecule has 0 fully saturated rings. The minimum atomic E-state index is 0.479. The highest BCUT2D eigenvalue weighted by Gasteiger charge is 2.07. The van der Waals surface area contributed by atoms with Crippen molar-refractivity contribution in [3.8, 4) is 17.0 Å². The van der Waals surface area contributed by atoms with Gasteiger partial charge in [-0.25, -0.2) is 9.97 Å². The average Bonchev–Trinajstić information content (AvgIpc) is 2.69. The van der Waals surface area contributed by atoms with Crippen molar-refractivity contribution in [3.05, 3.63) is 66.4 Å². The first-order valence-corrected chi connectivity index (χ1v) is 8.24. The molecule has 0 saturated carbocycles. The predicted molar refractivity (Wildman–Crippen MR) is 102 cm³/mol. The average molecular weight is 348 g/mol. The number of carbonyl (C=O) groups is 1. The Morgan fingerprint density at radius 1 is 1.08 bits per heavy atom. The lowest BCUT2D eigenvalue weighted by molar-refractivity contribution is 0.112. The fraction of sp³-hybridized carbons (Fsp3) is 0.150. The maximum absolute atomic E-state index is 10.7. The molecule has 0 radical (unpaired) electrons. The molecule has 0 bridgehead atoms. The Morgan fingerprint density at radius 2 is 1.81 bits per heavy atom. The van der Waals surface area contributed by atoms with Crippen LogP contribution in [0.5, 0.6) is 5.75 Å². The Kier molecular flexibility index (Phi) is 5.43. The van der Waals surface area contributed by atoms with Crippen molar-refractivity contribution < 1.29 is 9.53 Å². The zero-order valence-electron chi connectivity index (χ0n) is 14.5. The molecule has 26 heavy (non-hydrogen) atoms. The second-order valence-corrected chi connectivity index (χ2v) is 5.82. The molecule has 1 heterocycles. The van der Waals surface area contributed by atoms with E-state index in [4.69, 9.17) is 10.5 Å². The number of aldehydes is 1. The summed E-state index contributed by atoms with van der Waals surface area (Å²) in [7, 11) is 1.92. The highest BCUT2D eigenvalue weighted by Crippen LogP contribution is 2.20. The number of nitrogens with zero attached hydrogens (tertiary/aromatic N) is 3. The van der Waals surface area contributed by atoms with Crippen LogP contribution in [0, 0.1) is 0 Å². The maximum atomic E-state index is 10.7. The van der Waals surface area contributed by atoms with Crippen molar-refractivity contribution in [2.75, 3.05) is 30.8 Å². The minimum absolute atomic E-state index is 0.479. The van der Waals surface area contributed by atoms with Crippen LogP contribution in [0.3, 0.4) is 0 Å². The Bertz CT molecular complexity index is 864. The lowest BCUT2D eigenvalue weighted by Gasteiger charge is -2.18. The monoisotopic (exact) mass is 348 g/mol. The number of nitrogens with two attached hydrogens (primary N) is 1. The van der Waals surface area contributed by atoms with Crippen LogP contribution in [-0.4, -0.2) is 36.5 Å². The highest BCUT2D eigenvalue weighted by atomic mass is 16.5. The molecular weight excluding hydrogens is 328 g/mol. The molecule has 0 atom stereocenters. The van der Waals surface area contributed by atoms with Crippen LogP contribution in [0.4, 0.5) is 11.6 Å². The van der Waals surface area contributed by atoms with Gasteiger partial charge in [0.2, 0.25) is 5.95 Å². The fourth-order valence-electron chi connectivity index (χ4n) is 2.39. The number of rotatable bonds is 7. The summed E-state index contributed by atoms with van der Waals surface area (Å²) in [4.78, 5) is 21.5. The van der Waals surface area contributed by atoms with Gasteiger partial charge in [-0.2, -0.15) is 0 Å². The van der Waals surface area contributed by atoms with Gasteiger partial charge in [0.1, 0.15) is 18.6 Å². The van der Waals surface area contributed by atoms with Crippen molar-refractivity contribution in [3.63, 3.8) is 0 Å². The first kappa shape index (κ1) is 17.4. The summed E-state index contributed by atoms with van der Waals surface area (Å²) in [5.74, 6) is 1.35. The van der Waals surface area contributed by atoms with E-state index < -0.39 is 0 Å². The molecule has 0 aliphatic rings. The zero-order chi connectivity index (χ0) is 18.4. The second-order valence-electron chi connectivity index (χ2n) is 5.82. The topological polar surface area (TPSA) is 81.3 Å². The molecule has 6 heteroatoms. The van der Waals surface area contributed by atoms with Crippen molar-refractivity contribution in [2.45, 2.75) is 0 Å². The van der Waals surface area contributed by atoms with Crippen molar-refractivity contribution >= 4 is 17.9 Å². The maximum Gasteiger partial charge on any atom is 0.225 e. The summed E-state index contributed by atoms with van der Waals surface area (Å²) < 4.78 is 5.70. The van der Waals surface area contributed by atoms with Gasteiger partial charge in [0.25, 0.3) is 0 Å². The van der Waals surface area contributed by atoms with Gasteiger partial charge >= 0.3 is 0 Å². The van der Waals surface area contributed by atoms with Crippen LogP contribution in [0.1, 0.15) is 10.4 Å². The number of nitrogen functional groups attached to an aromatic ring is 1. The number of hydrogen-bond donors (Lipinski definition) is 1. The van der Waals surface area contributed by atoms with E-state index in [1.54, 1.807) is 30.5 Å². The minimum Gasteiger partial charge on any atom is -0.492 e. The Labute approximate surface area is 152 Å². The van der Waals surface area contributed by atoms with Gasteiger partial charge in [0.15, 0.2) is 0 Å². The molecule has 0 amide bonds. The summed E-state index contributed by atoms with van der Waals surface area (Å²) in [5.41, 5.74) is 8.91. The SMILES string of the molecule is CN(CCOc1ccc(C=O)cc1)c1nccc(-c2ccc(N)cc2)n1. The normalized spacial score (nSPS) is 10.3. The molecule has 0 unspecified atom stereocenters. The molecule has 3 rings (SSSR count). The quantitative estimate of drug-likeness (QED) is 0.522. The molecule has 0 aliphatic heterocycles. The third kappa shape index (κ3) is 4.36. The van der Waals surface area contributed by atoms with Crippen molar-refractivity contribution in [1.82, 2.24) is 9.97 Å². The van der Waals surface area contributed by atoms with Crippen LogP contribution in [-0.2, 0) is 0 Å².